The maximum absolute atomic E-state index is 14.8. The van der Waals surface area contributed by atoms with Crippen LogP contribution in [0.4, 0.5) is 10.1 Å². The summed E-state index contributed by atoms with van der Waals surface area (Å²) < 4.78 is 17.0. The van der Waals surface area contributed by atoms with Gasteiger partial charge in [-0.15, -0.1) is 0 Å². The van der Waals surface area contributed by atoms with Gasteiger partial charge in [-0.1, -0.05) is 32.6 Å². The molecule has 1 saturated carbocycles. The Morgan fingerprint density at radius 3 is 2.50 bits per heavy atom. The number of anilines is 1. The normalized spacial score (nSPS) is 18.1. The van der Waals surface area contributed by atoms with Gasteiger partial charge in [-0.3, -0.25) is 9.69 Å². The molecule has 0 amide bonds. The van der Waals surface area contributed by atoms with Gasteiger partial charge in [0.1, 0.15) is 5.82 Å². The number of aromatic nitrogens is 1. The molecule has 1 aliphatic heterocycles. The van der Waals surface area contributed by atoms with Crippen molar-refractivity contribution < 1.29 is 4.39 Å². The van der Waals surface area contributed by atoms with Gasteiger partial charge in [-0.05, 0) is 37.9 Å². The van der Waals surface area contributed by atoms with Crippen molar-refractivity contribution in [3.8, 4) is 0 Å². The topological polar surface area (TPSA) is 28.5 Å². The molecule has 1 aromatic carbocycles. The molecule has 1 aliphatic carbocycles. The third-order valence-electron chi connectivity index (χ3n) is 6.23. The zero-order valence-electron chi connectivity index (χ0n) is 17.0. The van der Waals surface area contributed by atoms with Crippen LogP contribution in [0.5, 0.6) is 0 Å². The molecule has 5 heteroatoms. The van der Waals surface area contributed by atoms with Gasteiger partial charge >= 0.3 is 0 Å². The number of piperazine rings is 1. The number of pyridine rings is 1. The average molecular weight is 386 g/mol. The lowest BCUT2D eigenvalue weighted by Crippen LogP contribution is -2.47. The Kier molecular flexibility index (Phi) is 6.00. The Morgan fingerprint density at radius 2 is 1.79 bits per heavy atom. The summed E-state index contributed by atoms with van der Waals surface area (Å²) in [5, 5.41) is 0.501. The fourth-order valence-electron chi connectivity index (χ4n) is 4.34. The SMILES string of the molecule is CCCCCCCN1CCN(c2cc3c(cc2F)c(=O)ccn3C2CC2)CC1. The minimum absolute atomic E-state index is 0.0924. The van der Waals surface area contributed by atoms with E-state index in [1.807, 2.05) is 12.3 Å². The Hall–Kier alpha value is -1.88. The lowest BCUT2D eigenvalue weighted by atomic mass is 10.1. The third kappa shape index (κ3) is 4.24. The van der Waals surface area contributed by atoms with Crippen LogP contribution in [0.3, 0.4) is 0 Å². The van der Waals surface area contributed by atoms with Crippen LogP contribution in [0.1, 0.15) is 57.9 Å². The van der Waals surface area contributed by atoms with Gasteiger partial charge in [0.2, 0.25) is 0 Å². The van der Waals surface area contributed by atoms with E-state index in [0.29, 0.717) is 17.1 Å². The summed E-state index contributed by atoms with van der Waals surface area (Å²) in [5.74, 6) is -0.272. The second-order valence-electron chi connectivity index (χ2n) is 8.38. The van der Waals surface area contributed by atoms with Gasteiger partial charge in [0.15, 0.2) is 5.43 Å². The van der Waals surface area contributed by atoms with Crippen LogP contribution >= 0.6 is 0 Å². The number of rotatable bonds is 8. The van der Waals surface area contributed by atoms with Crippen molar-refractivity contribution in [2.75, 3.05) is 37.6 Å². The molecule has 2 aliphatic rings. The minimum atomic E-state index is -0.272. The van der Waals surface area contributed by atoms with Gasteiger partial charge in [0.05, 0.1) is 11.2 Å². The molecule has 0 atom stereocenters. The standard InChI is InChI=1S/C23H32FN3O/c1-2-3-4-5-6-10-25-12-14-26(15-13-25)22-17-21-19(16-20(22)24)23(28)9-11-27(21)18-7-8-18/h9,11,16-18H,2-8,10,12-15H2,1H3. The predicted molar refractivity (Wildman–Crippen MR) is 114 cm³/mol. The number of halogens is 1. The van der Waals surface area contributed by atoms with Crippen molar-refractivity contribution in [3.63, 3.8) is 0 Å². The smallest absolute Gasteiger partial charge is 0.189 e. The number of hydrogen-bond acceptors (Lipinski definition) is 3. The van der Waals surface area contributed by atoms with Crippen LogP contribution in [-0.4, -0.2) is 42.2 Å². The number of fused-ring (bicyclic) bond motifs is 1. The molecule has 28 heavy (non-hydrogen) atoms. The third-order valence-corrected chi connectivity index (χ3v) is 6.23. The Labute approximate surface area is 166 Å². The van der Waals surface area contributed by atoms with Crippen LogP contribution < -0.4 is 10.3 Å². The van der Waals surface area contributed by atoms with E-state index in [-0.39, 0.29) is 11.2 Å². The highest BCUT2D eigenvalue weighted by Gasteiger charge is 2.26. The molecule has 0 spiro atoms. The molecule has 4 rings (SSSR count). The fraction of sp³-hybridized carbons (Fsp3) is 0.609. The van der Waals surface area contributed by atoms with Gasteiger partial charge in [-0.25, -0.2) is 4.39 Å². The summed E-state index contributed by atoms with van der Waals surface area (Å²) in [5.41, 5.74) is 1.44. The lowest BCUT2D eigenvalue weighted by Gasteiger charge is -2.36. The first kappa shape index (κ1) is 19.4. The van der Waals surface area contributed by atoms with E-state index in [1.165, 1.54) is 38.2 Å². The maximum Gasteiger partial charge on any atom is 0.189 e. The maximum atomic E-state index is 14.8. The highest BCUT2D eigenvalue weighted by molar-refractivity contribution is 5.83. The summed E-state index contributed by atoms with van der Waals surface area (Å²) in [6.07, 6.45) is 10.7. The Morgan fingerprint density at radius 1 is 1.04 bits per heavy atom. The monoisotopic (exact) mass is 385 g/mol. The van der Waals surface area contributed by atoms with Crippen molar-refractivity contribution in [2.45, 2.75) is 57.9 Å². The number of nitrogens with zero attached hydrogens (tertiary/aromatic N) is 3. The van der Waals surface area contributed by atoms with E-state index in [2.05, 4.69) is 21.3 Å². The quantitative estimate of drug-likeness (QED) is 0.623. The van der Waals surface area contributed by atoms with E-state index >= 15 is 0 Å². The van der Waals surface area contributed by atoms with Crippen molar-refractivity contribution in [1.29, 1.82) is 0 Å². The summed E-state index contributed by atoms with van der Waals surface area (Å²) in [6, 6.07) is 5.39. The fourth-order valence-corrected chi connectivity index (χ4v) is 4.34. The van der Waals surface area contributed by atoms with Gasteiger partial charge < -0.3 is 9.47 Å². The second-order valence-corrected chi connectivity index (χ2v) is 8.38. The van der Waals surface area contributed by atoms with E-state index in [9.17, 15) is 9.18 Å². The molecule has 152 valence electrons. The van der Waals surface area contributed by atoms with E-state index < -0.39 is 0 Å². The highest BCUT2D eigenvalue weighted by Crippen LogP contribution is 2.37. The molecule has 1 aromatic heterocycles. The number of hydrogen-bond donors (Lipinski definition) is 0. The molecule has 1 saturated heterocycles. The predicted octanol–water partition coefficient (Wildman–Crippen LogP) is 4.57. The highest BCUT2D eigenvalue weighted by atomic mass is 19.1. The van der Waals surface area contributed by atoms with Crippen LogP contribution in [-0.2, 0) is 0 Å². The van der Waals surface area contributed by atoms with Gasteiger partial charge in [0, 0.05) is 49.9 Å². The Balaban J connectivity index is 1.44. The second kappa shape index (κ2) is 8.64. The number of unbranched alkanes of at least 4 members (excludes halogenated alkanes) is 4. The summed E-state index contributed by atoms with van der Waals surface area (Å²) >= 11 is 0. The van der Waals surface area contributed by atoms with E-state index in [4.69, 9.17) is 0 Å². The molecule has 0 unspecified atom stereocenters. The molecule has 0 radical (unpaired) electrons. The van der Waals surface area contributed by atoms with Gasteiger partial charge in [-0.2, -0.15) is 0 Å². The summed E-state index contributed by atoms with van der Waals surface area (Å²) in [7, 11) is 0. The largest absolute Gasteiger partial charge is 0.367 e. The van der Waals surface area contributed by atoms with Crippen LogP contribution in [0, 0.1) is 5.82 Å². The van der Waals surface area contributed by atoms with Crippen LogP contribution in [0.15, 0.2) is 29.2 Å². The molecular formula is C23H32FN3O. The summed E-state index contributed by atoms with van der Waals surface area (Å²) in [6.45, 7) is 7.05. The van der Waals surface area contributed by atoms with Crippen molar-refractivity contribution in [3.05, 3.63) is 40.4 Å². The minimum Gasteiger partial charge on any atom is -0.367 e. The van der Waals surface area contributed by atoms with Crippen LogP contribution in [0.2, 0.25) is 0 Å². The molecule has 4 nitrogen and oxygen atoms in total. The zero-order chi connectivity index (χ0) is 19.5. The van der Waals surface area contributed by atoms with Crippen LogP contribution in [0.25, 0.3) is 10.9 Å². The first-order valence-corrected chi connectivity index (χ1v) is 11.0. The average Bonchev–Trinajstić information content (AvgIpc) is 3.54. The summed E-state index contributed by atoms with van der Waals surface area (Å²) in [4.78, 5) is 16.9. The molecule has 0 N–H and O–H groups in total. The first-order chi connectivity index (χ1) is 13.7. The first-order valence-electron chi connectivity index (χ1n) is 11.0. The molecule has 2 aromatic rings. The molecular weight excluding hydrogens is 353 g/mol. The van der Waals surface area contributed by atoms with Crippen molar-refractivity contribution in [1.82, 2.24) is 9.47 Å². The Bertz CT molecular complexity index is 866. The van der Waals surface area contributed by atoms with Crippen molar-refractivity contribution in [2.24, 2.45) is 0 Å². The zero-order valence-corrected chi connectivity index (χ0v) is 17.0. The van der Waals surface area contributed by atoms with Crippen molar-refractivity contribution >= 4 is 16.6 Å². The van der Waals surface area contributed by atoms with Gasteiger partial charge in [0.25, 0.3) is 0 Å². The lowest BCUT2D eigenvalue weighted by molar-refractivity contribution is 0.251. The van der Waals surface area contributed by atoms with E-state index in [0.717, 1.165) is 51.1 Å². The number of benzene rings is 1. The van der Waals surface area contributed by atoms with E-state index in [1.54, 1.807) is 6.07 Å². The molecule has 2 fully saturated rings. The molecule has 2 heterocycles. The molecule has 0 bridgehead atoms.